The summed E-state index contributed by atoms with van der Waals surface area (Å²) in [6.45, 7) is 1.47. The van der Waals surface area contributed by atoms with Crippen molar-refractivity contribution in [3.05, 3.63) is 88.2 Å². The highest BCUT2D eigenvalue weighted by Gasteiger charge is 2.51. The zero-order valence-corrected chi connectivity index (χ0v) is 22.4. The molecular weight excluding hydrogens is 537 g/mol. The van der Waals surface area contributed by atoms with Gasteiger partial charge >= 0.3 is 12.1 Å². The van der Waals surface area contributed by atoms with E-state index in [4.69, 9.17) is 16.3 Å². The SMILES string of the molecule is CN1CCCCC1CNC(=O)Oc1nc2ccc(C3(O)c4ccccc4C(=O)N3c3cccc(Cl)c3F)cc2[nH]1. The number of likely N-dealkylation sites (tertiary alicyclic amines) is 1. The number of piperidine rings is 1. The zero-order chi connectivity index (χ0) is 28.0. The Balaban J connectivity index is 1.31. The average molecular weight is 564 g/mol. The topological polar surface area (TPSA) is 111 Å². The standard InChI is InChI=1S/C29H27ClFN5O4/c1-35-14-5-4-7-18(35)16-32-28(38)40-27-33-22-13-12-17(15-23(22)34-27)29(39)20-9-3-2-8-19(20)26(37)36(29)24-11-6-10-21(30)25(24)31/h2-3,6,8-13,15,18,39H,4-5,7,14,16H2,1H3,(H,32,38)(H,33,34). The summed E-state index contributed by atoms with van der Waals surface area (Å²) >= 11 is 6.03. The Morgan fingerprint density at radius 2 is 2.05 bits per heavy atom. The lowest BCUT2D eigenvalue weighted by atomic mass is 9.93. The van der Waals surface area contributed by atoms with Crippen molar-refractivity contribution in [3.63, 3.8) is 0 Å². The maximum absolute atomic E-state index is 15.2. The van der Waals surface area contributed by atoms with Crippen LogP contribution in [0.5, 0.6) is 6.01 Å². The molecule has 3 N–H and O–H groups in total. The van der Waals surface area contributed by atoms with E-state index in [-0.39, 0.29) is 33.9 Å². The molecule has 0 aliphatic carbocycles. The van der Waals surface area contributed by atoms with Gasteiger partial charge in [0.15, 0.2) is 11.5 Å². The van der Waals surface area contributed by atoms with Gasteiger partial charge in [0.1, 0.15) is 0 Å². The van der Waals surface area contributed by atoms with E-state index >= 15 is 4.39 Å². The number of hydrogen-bond acceptors (Lipinski definition) is 6. The van der Waals surface area contributed by atoms with Crippen LogP contribution >= 0.6 is 11.6 Å². The number of aromatic amines is 1. The maximum atomic E-state index is 15.2. The predicted molar refractivity (Wildman–Crippen MR) is 148 cm³/mol. The molecule has 40 heavy (non-hydrogen) atoms. The zero-order valence-electron chi connectivity index (χ0n) is 21.7. The highest BCUT2D eigenvalue weighted by molar-refractivity contribution is 6.31. The number of carbonyl (C=O) groups is 2. The van der Waals surface area contributed by atoms with E-state index in [1.807, 2.05) is 7.05 Å². The number of benzene rings is 3. The molecule has 1 aromatic heterocycles. The number of ether oxygens (including phenoxy) is 1. The van der Waals surface area contributed by atoms with Gasteiger partial charge in [0.25, 0.3) is 5.91 Å². The number of hydrogen-bond donors (Lipinski definition) is 3. The Hall–Kier alpha value is -3.99. The molecule has 11 heteroatoms. The third kappa shape index (κ3) is 4.38. The second-order valence-electron chi connectivity index (χ2n) is 10.1. The minimum atomic E-state index is -2.05. The number of carbonyl (C=O) groups excluding carboxylic acids is 2. The molecule has 0 saturated carbocycles. The summed E-state index contributed by atoms with van der Waals surface area (Å²) in [5.41, 5.74) is -0.490. The summed E-state index contributed by atoms with van der Waals surface area (Å²) in [6, 6.07) is 15.9. The summed E-state index contributed by atoms with van der Waals surface area (Å²) in [5.74, 6) is -1.40. The van der Waals surface area contributed by atoms with Gasteiger partial charge < -0.3 is 25.0 Å². The van der Waals surface area contributed by atoms with Crippen molar-refractivity contribution in [1.82, 2.24) is 20.2 Å². The van der Waals surface area contributed by atoms with Crippen LogP contribution in [0.4, 0.5) is 14.9 Å². The van der Waals surface area contributed by atoms with Crippen molar-refractivity contribution in [2.45, 2.75) is 31.0 Å². The molecule has 206 valence electrons. The molecule has 0 spiro atoms. The number of imidazole rings is 1. The molecule has 6 rings (SSSR count). The molecule has 3 heterocycles. The molecular formula is C29H27ClFN5O4. The third-order valence-electron chi connectivity index (χ3n) is 7.69. The van der Waals surface area contributed by atoms with Gasteiger partial charge in [0.05, 0.1) is 21.7 Å². The van der Waals surface area contributed by atoms with Crippen LogP contribution < -0.4 is 15.0 Å². The van der Waals surface area contributed by atoms with Crippen molar-refractivity contribution < 1.29 is 23.8 Å². The number of likely N-dealkylation sites (N-methyl/N-ethyl adjacent to an activating group) is 1. The van der Waals surface area contributed by atoms with E-state index in [2.05, 4.69) is 20.2 Å². The number of H-pyrrole nitrogens is 1. The van der Waals surface area contributed by atoms with Crippen molar-refractivity contribution >= 4 is 40.3 Å². The first-order valence-corrected chi connectivity index (χ1v) is 13.4. The second kappa shape index (κ2) is 10.2. The molecule has 2 atom stereocenters. The van der Waals surface area contributed by atoms with Crippen molar-refractivity contribution in [2.24, 2.45) is 0 Å². The van der Waals surface area contributed by atoms with Gasteiger partial charge in [-0.15, -0.1) is 0 Å². The van der Waals surface area contributed by atoms with Gasteiger partial charge in [-0.05, 0) is 56.8 Å². The number of nitrogens with zero attached hydrogens (tertiary/aromatic N) is 3. The number of aromatic nitrogens is 2. The van der Waals surface area contributed by atoms with E-state index in [1.54, 1.807) is 42.5 Å². The molecule has 1 saturated heterocycles. The largest absolute Gasteiger partial charge is 0.415 e. The Labute approximate surface area is 234 Å². The van der Waals surface area contributed by atoms with Gasteiger partial charge in [0.2, 0.25) is 0 Å². The summed E-state index contributed by atoms with van der Waals surface area (Å²) < 4.78 is 20.6. The monoisotopic (exact) mass is 563 g/mol. The molecule has 4 aromatic rings. The van der Waals surface area contributed by atoms with Gasteiger partial charge in [-0.25, -0.2) is 9.18 Å². The predicted octanol–water partition coefficient (Wildman–Crippen LogP) is 4.78. The fourth-order valence-electron chi connectivity index (χ4n) is 5.57. The molecule has 3 aromatic carbocycles. The molecule has 2 unspecified atom stereocenters. The number of halogens is 2. The Bertz CT molecular complexity index is 1630. The quantitative estimate of drug-likeness (QED) is 0.322. The molecule has 0 radical (unpaired) electrons. The Morgan fingerprint density at radius 3 is 2.88 bits per heavy atom. The van der Waals surface area contributed by atoms with Crippen LogP contribution in [0.2, 0.25) is 5.02 Å². The smallest absolute Gasteiger partial charge is 0.375 e. The van der Waals surface area contributed by atoms with E-state index in [1.165, 1.54) is 18.2 Å². The second-order valence-corrected chi connectivity index (χ2v) is 10.5. The first-order valence-electron chi connectivity index (χ1n) is 13.0. The lowest BCUT2D eigenvalue weighted by Crippen LogP contribution is -2.45. The normalized spacial score (nSPS) is 21.1. The van der Waals surface area contributed by atoms with Crippen LogP contribution in [-0.2, 0) is 5.72 Å². The fourth-order valence-corrected chi connectivity index (χ4v) is 5.74. The minimum absolute atomic E-state index is 0.0192. The first-order chi connectivity index (χ1) is 19.3. The van der Waals surface area contributed by atoms with Crippen LogP contribution in [0.25, 0.3) is 11.0 Å². The molecule has 0 bridgehead atoms. The highest BCUT2D eigenvalue weighted by atomic mass is 35.5. The van der Waals surface area contributed by atoms with Crippen molar-refractivity contribution in [3.8, 4) is 6.01 Å². The van der Waals surface area contributed by atoms with Gasteiger partial charge in [0, 0.05) is 29.3 Å². The van der Waals surface area contributed by atoms with E-state index < -0.39 is 23.5 Å². The molecule has 2 aliphatic heterocycles. The van der Waals surface area contributed by atoms with Crippen LogP contribution in [0.3, 0.4) is 0 Å². The summed E-state index contributed by atoms with van der Waals surface area (Å²) in [5, 5.41) is 14.8. The number of nitrogens with one attached hydrogen (secondary N) is 2. The average Bonchev–Trinajstić information content (AvgIpc) is 3.45. The Morgan fingerprint density at radius 1 is 1.23 bits per heavy atom. The minimum Gasteiger partial charge on any atom is -0.375 e. The third-order valence-corrected chi connectivity index (χ3v) is 7.98. The van der Waals surface area contributed by atoms with Crippen molar-refractivity contribution in [1.29, 1.82) is 0 Å². The number of anilines is 1. The van der Waals surface area contributed by atoms with Crippen LogP contribution in [0.1, 0.15) is 40.7 Å². The fraction of sp³-hybridized carbons (Fsp3) is 0.276. The number of amides is 2. The first kappa shape index (κ1) is 26.2. The lowest BCUT2D eigenvalue weighted by molar-refractivity contribution is 0.0699. The van der Waals surface area contributed by atoms with Crippen LogP contribution in [0.15, 0.2) is 60.7 Å². The van der Waals surface area contributed by atoms with E-state index in [0.29, 0.717) is 23.1 Å². The highest BCUT2D eigenvalue weighted by Crippen LogP contribution is 2.46. The number of rotatable bonds is 5. The molecule has 2 aliphatic rings. The Kier molecular flexibility index (Phi) is 6.69. The lowest BCUT2D eigenvalue weighted by Gasteiger charge is -2.35. The van der Waals surface area contributed by atoms with E-state index in [9.17, 15) is 14.7 Å². The van der Waals surface area contributed by atoms with Crippen molar-refractivity contribution in [2.75, 3.05) is 25.0 Å². The van der Waals surface area contributed by atoms with Crippen LogP contribution in [0, 0.1) is 5.82 Å². The summed E-state index contributed by atoms with van der Waals surface area (Å²) in [6.07, 6.45) is 2.66. The van der Waals surface area contributed by atoms with Gasteiger partial charge in [-0.3, -0.25) is 9.69 Å². The molecule has 1 fully saturated rings. The summed E-state index contributed by atoms with van der Waals surface area (Å²) in [7, 11) is 2.04. The van der Waals surface area contributed by atoms with Gasteiger partial charge in [-0.2, -0.15) is 4.98 Å². The van der Waals surface area contributed by atoms with Crippen LogP contribution in [-0.4, -0.2) is 58.2 Å². The van der Waals surface area contributed by atoms with Gasteiger partial charge in [-0.1, -0.05) is 48.4 Å². The number of fused-ring (bicyclic) bond motifs is 2. The van der Waals surface area contributed by atoms with E-state index in [0.717, 1.165) is 30.7 Å². The molecule has 2 amide bonds. The number of aliphatic hydroxyl groups is 1. The molecule has 9 nitrogen and oxygen atoms in total. The maximum Gasteiger partial charge on any atom is 0.415 e. The summed E-state index contributed by atoms with van der Waals surface area (Å²) in [4.78, 5) is 36.5.